The highest BCUT2D eigenvalue weighted by Gasteiger charge is 2.30. The minimum atomic E-state index is 0.549. The Hall–Kier alpha value is -1.28. The van der Waals surface area contributed by atoms with E-state index in [4.69, 9.17) is 17.3 Å². The maximum Gasteiger partial charge on any atom is 0.199 e. The van der Waals surface area contributed by atoms with Gasteiger partial charge in [-0.2, -0.15) is 0 Å². The van der Waals surface area contributed by atoms with Gasteiger partial charge in [-0.1, -0.05) is 6.07 Å². The molecular formula is C17H18N4S3. The predicted molar refractivity (Wildman–Crippen MR) is 101 cm³/mol. The zero-order valence-electron chi connectivity index (χ0n) is 13.2. The summed E-state index contributed by atoms with van der Waals surface area (Å²) in [5, 5.41) is 9.21. The van der Waals surface area contributed by atoms with Crippen molar-refractivity contribution in [3.63, 3.8) is 0 Å². The molecule has 24 heavy (non-hydrogen) atoms. The first-order valence-electron chi connectivity index (χ1n) is 8.30. The van der Waals surface area contributed by atoms with Crippen molar-refractivity contribution in [3.05, 3.63) is 44.2 Å². The van der Waals surface area contributed by atoms with Gasteiger partial charge in [-0.15, -0.1) is 27.8 Å². The smallest absolute Gasteiger partial charge is 0.199 e. The van der Waals surface area contributed by atoms with Crippen LogP contribution in [0.5, 0.6) is 0 Å². The molecule has 1 aliphatic carbocycles. The molecule has 4 nitrogen and oxygen atoms in total. The van der Waals surface area contributed by atoms with Crippen LogP contribution in [-0.2, 0) is 19.6 Å². The zero-order chi connectivity index (χ0) is 16.1. The molecule has 1 fully saturated rings. The number of thiophene rings is 2. The topological polar surface area (TPSA) is 26.0 Å². The maximum atomic E-state index is 5.78. The second kappa shape index (κ2) is 5.91. The third-order valence-corrected chi connectivity index (χ3v) is 7.04. The van der Waals surface area contributed by atoms with Crippen LogP contribution in [0.4, 0.5) is 0 Å². The molecular weight excluding hydrogens is 356 g/mol. The van der Waals surface area contributed by atoms with Gasteiger partial charge < -0.3 is 0 Å². The Balaban J connectivity index is 1.46. The van der Waals surface area contributed by atoms with E-state index in [0.717, 1.165) is 36.8 Å². The molecule has 0 aromatic carbocycles. The number of nitrogens with zero attached hydrogens (tertiary/aromatic N) is 4. The van der Waals surface area contributed by atoms with E-state index < -0.39 is 0 Å². The lowest BCUT2D eigenvalue weighted by Crippen LogP contribution is -2.32. The molecule has 1 aliphatic heterocycles. The van der Waals surface area contributed by atoms with Crippen LogP contribution in [0.3, 0.4) is 0 Å². The standard InChI is InChI=1S/C17H18N4S3/c22-17-20(11-19-7-5-14-12(10-19)6-9-24-14)18-16(15-2-1-8-23-15)21(17)13-3-4-13/h1-2,6,8-9,13H,3-5,7,10-11H2. The highest BCUT2D eigenvalue weighted by molar-refractivity contribution is 7.71. The van der Waals surface area contributed by atoms with Crippen molar-refractivity contribution in [2.24, 2.45) is 0 Å². The van der Waals surface area contributed by atoms with Crippen molar-refractivity contribution in [2.75, 3.05) is 6.54 Å². The van der Waals surface area contributed by atoms with Crippen LogP contribution >= 0.6 is 34.9 Å². The second-order valence-corrected chi connectivity index (χ2v) is 8.81. The van der Waals surface area contributed by atoms with Crippen LogP contribution in [0.2, 0.25) is 0 Å². The molecule has 124 valence electrons. The first kappa shape index (κ1) is 15.0. The summed E-state index contributed by atoms with van der Waals surface area (Å²) in [4.78, 5) is 5.20. The summed E-state index contributed by atoms with van der Waals surface area (Å²) in [7, 11) is 0. The van der Waals surface area contributed by atoms with E-state index in [2.05, 4.69) is 38.4 Å². The zero-order valence-corrected chi connectivity index (χ0v) is 15.7. The van der Waals surface area contributed by atoms with Gasteiger partial charge in [0.1, 0.15) is 0 Å². The van der Waals surface area contributed by atoms with Gasteiger partial charge in [0.2, 0.25) is 0 Å². The molecule has 0 N–H and O–H groups in total. The molecule has 3 aromatic rings. The molecule has 4 heterocycles. The van der Waals surface area contributed by atoms with Crippen LogP contribution < -0.4 is 0 Å². The molecule has 0 unspecified atom stereocenters. The van der Waals surface area contributed by atoms with Gasteiger partial charge in [0.05, 0.1) is 11.5 Å². The summed E-state index contributed by atoms with van der Waals surface area (Å²) < 4.78 is 5.18. The summed E-state index contributed by atoms with van der Waals surface area (Å²) in [5.74, 6) is 1.05. The van der Waals surface area contributed by atoms with Crippen molar-refractivity contribution in [1.82, 2.24) is 19.2 Å². The third-order valence-electron chi connectivity index (χ3n) is 4.74. The van der Waals surface area contributed by atoms with Gasteiger partial charge in [0.25, 0.3) is 0 Å². The summed E-state index contributed by atoms with van der Waals surface area (Å²) >= 11 is 9.40. The summed E-state index contributed by atoms with van der Waals surface area (Å²) in [6, 6.07) is 7.03. The third kappa shape index (κ3) is 2.60. The lowest BCUT2D eigenvalue weighted by atomic mass is 10.1. The van der Waals surface area contributed by atoms with Crippen molar-refractivity contribution in [1.29, 1.82) is 0 Å². The molecule has 0 spiro atoms. The molecule has 1 saturated carbocycles. The molecule has 0 bridgehead atoms. The number of hydrogen-bond acceptors (Lipinski definition) is 5. The fourth-order valence-electron chi connectivity index (χ4n) is 3.37. The Kier molecular flexibility index (Phi) is 3.70. The predicted octanol–water partition coefficient (Wildman–Crippen LogP) is 4.55. The maximum absolute atomic E-state index is 5.78. The fraction of sp³-hybridized carbons (Fsp3) is 0.412. The Morgan fingerprint density at radius 2 is 2.12 bits per heavy atom. The van der Waals surface area contributed by atoms with E-state index in [0.29, 0.717) is 6.04 Å². The fourth-order valence-corrected chi connectivity index (χ4v) is 5.29. The molecule has 0 radical (unpaired) electrons. The highest BCUT2D eigenvalue weighted by Crippen LogP contribution is 2.39. The normalized spacial score (nSPS) is 18.0. The van der Waals surface area contributed by atoms with E-state index in [9.17, 15) is 0 Å². The van der Waals surface area contributed by atoms with Crippen molar-refractivity contribution in [2.45, 2.75) is 38.5 Å². The minimum absolute atomic E-state index is 0.549. The summed E-state index contributed by atoms with van der Waals surface area (Å²) in [6.07, 6.45) is 3.59. The first-order valence-corrected chi connectivity index (χ1v) is 10.5. The van der Waals surface area contributed by atoms with Crippen LogP contribution in [0.15, 0.2) is 29.0 Å². The molecule has 0 atom stereocenters. The van der Waals surface area contributed by atoms with Gasteiger partial charge in [0.15, 0.2) is 10.6 Å². The Labute approximate surface area is 154 Å². The first-order chi connectivity index (χ1) is 11.8. The minimum Gasteiger partial charge on any atom is -0.296 e. The summed E-state index contributed by atoms with van der Waals surface area (Å²) in [6.45, 7) is 2.87. The SMILES string of the molecule is S=c1n(CN2CCc3sccc3C2)nc(-c2cccs2)n1C1CC1. The quantitative estimate of drug-likeness (QED) is 0.627. The molecule has 3 aromatic heterocycles. The van der Waals surface area contributed by atoms with E-state index in [-0.39, 0.29) is 0 Å². The van der Waals surface area contributed by atoms with Gasteiger partial charge in [-0.05, 0) is 59.9 Å². The Morgan fingerprint density at radius 3 is 2.92 bits per heavy atom. The largest absolute Gasteiger partial charge is 0.296 e. The van der Waals surface area contributed by atoms with Crippen molar-refractivity contribution >= 4 is 34.9 Å². The second-order valence-electron chi connectivity index (χ2n) is 6.50. The van der Waals surface area contributed by atoms with Crippen LogP contribution in [0.1, 0.15) is 29.3 Å². The summed E-state index contributed by atoms with van der Waals surface area (Å²) in [5.41, 5.74) is 1.47. The Morgan fingerprint density at radius 1 is 1.21 bits per heavy atom. The number of aromatic nitrogens is 3. The highest BCUT2D eigenvalue weighted by atomic mass is 32.1. The lowest BCUT2D eigenvalue weighted by molar-refractivity contribution is 0.189. The van der Waals surface area contributed by atoms with Gasteiger partial charge in [-0.3, -0.25) is 9.47 Å². The number of fused-ring (bicyclic) bond motifs is 1. The van der Waals surface area contributed by atoms with Crippen molar-refractivity contribution < 1.29 is 0 Å². The molecule has 0 amide bonds. The van der Waals surface area contributed by atoms with E-state index in [1.165, 1.54) is 28.2 Å². The molecule has 2 aliphatic rings. The lowest BCUT2D eigenvalue weighted by Gasteiger charge is -2.26. The van der Waals surface area contributed by atoms with E-state index >= 15 is 0 Å². The number of rotatable bonds is 4. The van der Waals surface area contributed by atoms with Gasteiger partial charge >= 0.3 is 0 Å². The van der Waals surface area contributed by atoms with Gasteiger partial charge in [-0.25, -0.2) is 4.68 Å². The van der Waals surface area contributed by atoms with Crippen LogP contribution in [-0.4, -0.2) is 25.8 Å². The number of hydrogen-bond donors (Lipinski definition) is 0. The molecule has 5 rings (SSSR count). The van der Waals surface area contributed by atoms with Gasteiger partial charge in [0, 0.05) is 24.0 Å². The molecule has 7 heteroatoms. The average Bonchev–Trinajstić information content (AvgIpc) is 3.02. The monoisotopic (exact) mass is 374 g/mol. The Bertz CT molecular complexity index is 914. The van der Waals surface area contributed by atoms with Crippen LogP contribution in [0.25, 0.3) is 10.7 Å². The van der Waals surface area contributed by atoms with Crippen molar-refractivity contribution in [3.8, 4) is 10.7 Å². The average molecular weight is 375 g/mol. The van der Waals surface area contributed by atoms with E-state index in [1.54, 1.807) is 11.3 Å². The van der Waals surface area contributed by atoms with Crippen LogP contribution in [0, 0.1) is 4.77 Å². The molecule has 0 saturated heterocycles. The van der Waals surface area contributed by atoms with E-state index in [1.807, 2.05) is 16.0 Å².